The Kier molecular flexibility index (Phi) is 7.75. The topological polar surface area (TPSA) is 58.6 Å². The van der Waals surface area contributed by atoms with Crippen molar-refractivity contribution in [3.63, 3.8) is 0 Å². The van der Waals surface area contributed by atoms with Crippen LogP contribution in [0.15, 0.2) is 42.2 Å². The first-order chi connectivity index (χ1) is 13.8. The largest absolute Gasteiger partial charge is 0.509 e. The molecule has 1 unspecified atom stereocenters. The molecule has 0 saturated carbocycles. The van der Waals surface area contributed by atoms with E-state index >= 15 is 0 Å². The van der Waals surface area contributed by atoms with Crippen molar-refractivity contribution in [1.29, 1.82) is 0 Å². The van der Waals surface area contributed by atoms with E-state index in [1.807, 2.05) is 51.1 Å². The summed E-state index contributed by atoms with van der Waals surface area (Å²) in [6, 6.07) is 11.2. The van der Waals surface area contributed by atoms with E-state index in [9.17, 15) is 9.90 Å². The summed E-state index contributed by atoms with van der Waals surface area (Å²) in [6.07, 6.45) is 0.462. The zero-order valence-electron chi connectivity index (χ0n) is 17.4. The number of hydrogen-bond acceptors (Lipinski definition) is 3. The van der Waals surface area contributed by atoms with Crippen molar-refractivity contribution in [2.24, 2.45) is 0 Å². The normalized spacial score (nSPS) is 18.4. The maximum absolute atomic E-state index is 12.6. The minimum Gasteiger partial charge on any atom is -0.509 e. The van der Waals surface area contributed by atoms with Gasteiger partial charge in [0, 0.05) is 35.7 Å². The highest BCUT2D eigenvalue weighted by molar-refractivity contribution is 6.36. The number of ether oxygens (including phenoxy) is 1. The number of rotatable bonds is 5. The number of aliphatic hydroxyl groups is 1. The van der Waals surface area contributed by atoms with Gasteiger partial charge in [-0.15, -0.1) is 0 Å². The summed E-state index contributed by atoms with van der Waals surface area (Å²) < 4.78 is 5.09. The molecular weight excluding hydrogens is 409 g/mol. The number of methoxy groups -OCH3 is 1. The van der Waals surface area contributed by atoms with Crippen molar-refractivity contribution in [1.82, 2.24) is 5.32 Å². The lowest BCUT2D eigenvalue weighted by molar-refractivity contribution is -0.116. The van der Waals surface area contributed by atoms with Gasteiger partial charge in [0.2, 0.25) is 0 Å². The third-order valence-corrected chi connectivity index (χ3v) is 5.45. The van der Waals surface area contributed by atoms with Crippen LogP contribution in [0.5, 0.6) is 0 Å². The lowest BCUT2D eigenvalue weighted by Gasteiger charge is -2.24. The van der Waals surface area contributed by atoms with Gasteiger partial charge >= 0.3 is 0 Å². The van der Waals surface area contributed by atoms with Crippen LogP contribution in [-0.4, -0.2) is 30.3 Å². The van der Waals surface area contributed by atoms with E-state index in [0.717, 1.165) is 16.7 Å². The summed E-state index contributed by atoms with van der Waals surface area (Å²) in [4.78, 5) is 12.6. The van der Waals surface area contributed by atoms with Crippen molar-refractivity contribution >= 4 is 34.7 Å². The van der Waals surface area contributed by atoms with Crippen LogP contribution in [0, 0.1) is 6.92 Å². The second-order valence-corrected chi connectivity index (χ2v) is 7.75. The summed E-state index contributed by atoms with van der Waals surface area (Å²) in [5.41, 5.74) is 2.59. The van der Waals surface area contributed by atoms with Crippen molar-refractivity contribution in [3.05, 3.63) is 63.3 Å². The van der Waals surface area contributed by atoms with Crippen molar-refractivity contribution in [2.45, 2.75) is 39.7 Å². The van der Waals surface area contributed by atoms with Crippen molar-refractivity contribution in [2.75, 3.05) is 13.7 Å². The fourth-order valence-corrected chi connectivity index (χ4v) is 3.83. The zero-order valence-corrected chi connectivity index (χ0v) is 18.9. The molecular formula is C23H27Cl2NO3. The van der Waals surface area contributed by atoms with Gasteiger partial charge in [-0.2, -0.15) is 0 Å². The zero-order chi connectivity index (χ0) is 21.8. The van der Waals surface area contributed by atoms with Crippen molar-refractivity contribution in [3.8, 4) is 11.1 Å². The van der Waals surface area contributed by atoms with Gasteiger partial charge in [-0.25, -0.2) is 0 Å². The average Bonchev–Trinajstić information content (AvgIpc) is 2.91. The van der Waals surface area contributed by atoms with Crippen LogP contribution in [0.3, 0.4) is 0 Å². The Morgan fingerprint density at radius 1 is 1.10 bits per heavy atom. The molecule has 0 radical (unpaired) electrons. The van der Waals surface area contributed by atoms with Crippen LogP contribution in [0.25, 0.3) is 16.7 Å². The van der Waals surface area contributed by atoms with E-state index in [1.165, 1.54) is 0 Å². The smallest absolute Gasteiger partial charge is 0.256 e. The summed E-state index contributed by atoms with van der Waals surface area (Å²) >= 11 is 12.5. The molecule has 1 aliphatic heterocycles. The van der Waals surface area contributed by atoms with Gasteiger partial charge in [0.1, 0.15) is 5.76 Å². The van der Waals surface area contributed by atoms with Gasteiger partial charge in [0.15, 0.2) is 0 Å². The highest BCUT2D eigenvalue weighted by Gasteiger charge is 2.43. The first kappa shape index (κ1) is 23.3. The monoisotopic (exact) mass is 435 g/mol. The molecule has 2 aromatic rings. The van der Waals surface area contributed by atoms with Crippen LogP contribution in [-0.2, 0) is 9.53 Å². The summed E-state index contributed by atoms with van der Waals surface area (Å²) in [5, 5.41) is 14.7. The Labute approximate surface area is 182 Å². The van der Waals surface area contributed by atoms with Crippen LogP contribution < -0.4 is 5.32 Å². The number of nitrogens with one attached hydrogen (secondary N) is 1. The molecule has 156 valence electrons. The minimum absolute atomic E-state index is 0.00575. The third-order valence-electron chi connectivity index (χ3n) is 4.90. The van der Waals surface area contributed by atoms with E-state index in [1.54, 1.807) is 20.1 Å². The first-order valence-electron chi connectivity index (χ1n) is 9.58. The molecule has 2 aromatic carbocycles. The maximum atomic E-state index is 12.6. The molecule has 3 rings (SSSR count). The molecule has 1 amide bonds. The number of benzene rings is 2. The standard InChI is InChI=1S/C21H21Cl2NO3.C2H6/c1-12-10-14(13-4-6-15(22)7-5-13)11-16(23)17(12)18-19(25)21(2,8-9-27-3)24-20(18)26;1-2/h4-7,10-11,25H,8-9H2,1-3H3,(H,24,26);1-2H3. The molecule has 1 aliphatic rings. The minimum atomic E-state index is -0.868. The molecule has 0 saturated heterocycles. The number of halogens is 2. The van der Waals surface area contributed by atoms with Gasteiger partial charge in [0.05, 0.1) is 11.1 Å². The average molecular weight is 436 g/mol. The van der Waals surface area contributed by atoms with Gasteiger partial charge in [0.25, 0.3) is 5.91 Å². The second-order valence-electron chi connectivity index (χ2n) is 6.91. The molecule has 6 heteroatoms. The molecule has 0 spiro atoms. The summed E-state index contributed by atoms with van der Waals surface area (Å²) in [5.74, 6) is -0.343. The molecule has 0 bridgehead atoms. The predicted octanol–water partition coefficient (Wildman–Crippen LogP) is 6.19. The molecule has 1 heterocycles. The van der Waals surface area contributed by atoms with Crippen LogP contribution in [0.1, 0.15) is 38.3 Å². The molecule has 4 nitrogen and oxygen atoms in total. The molecule has 0 aliphatic carbocycles. The van der Waals surface area contributed by atoms with Gasteiger partial charge in [-0.1, -0.05) is 55.2 Å². The van der Waals surface area contributed by atoms with E-state index < -0.39 is 5.54 Å². The Balaban J connectivity index is 0.00000145. The molecule has 2 N–H and O–H groups in total. The Bertz CT molecular complexity index is 899. The quantitative estimate of drug-likeness (QED) is 0.588. The highest BCUT2D eigenvalue weighted by Crippen LogP contribution is 2.40. The summed E-state index contributed by atoms with van der Waals surface area (Å²) in [6.45, 7) is 8.06. The molecule has 0 fully saturated rings. The highest BCUT2D eigenvalue weighted by atomic mass is 35.5. The van der Waals surface area contributed by atoms with Crippen LogP contribution >= 0.6 is 23.2 Å². The fourth-order valence-electron chi connectivity index (χ4n) is 3.34. The predicted molar refractivity (Wildman–Crippen MR) is 121 cm³/mol. The third kappa shape index (κ3) is 4.77. The second kappa shape index (κ2) is 9.66. The van der Waals surface area contributed by atoms with E-state index in [2.05, 4.69) is 5.32 Å². The lowest BCUT2D eigenvalue weighted by Crippen LogP contribution is -2.42. The number of aliphatic hydroxyl groups excluding tert-OH is 1. The first-order valence-corrected chi connectivity index (χ1v) is 10.3. The van der Waals surface area contributed by atoms with Gasteiger partial charge in [-0.3, -0.25) is 4.79 Å². The fraction of sp³-hybridized carbons (Fsp3) is 0.348. The Hall–Kier alpha value is -2.01. The van der Waals surface area contributed by atoms with E-state index in [4.69, 9.17) is 27.9 Å². The van der Waals surface area contributed by atoms with Crippen LogP contribution in [0.4, 0.5) is 0 Å². The maximum Gasteiger partial charge on any atom is 0.256 e. The molecule has 0 aromatic heterocycles. The number of carbonyl (C=O) groups excluding carboxylic acids is 1. The van der Waals surface area contributed by atoms with Gasteiger partial charge < -0.3 is 15.2 Å². The van der Waals surface area contributed by atoms with Crippen molar-refractivity contribution < 1.29 is 14.6 Å². The SMILES string of the molecule is CC.COCCC1(C)NC(=O)C(c2c(C)cc(-c3ccc(Cl)cc3)cc2Cl)=C1O. The number of aryl methyl sites for hydroxylation is 1. The van der Waals surface area contributed by atoms with E-state index in [0.29, 0.717) is 28.6 Å². The summed E-state index contributed by atoms with van der Waals surface area (Å²) in [7, 11) is 1.58. The number of amides is 1. The Morgan fingerprint density at radius 3 is 2.28 bits per heavy atom. The number of carbonyl (C=O) groups is 1. The Morgan fingerprint density at radius 2 is 1.72 bits per heavy atom. The number of hydrogen-bond donors (Lipinski definition) is 2. The van der Waals surface area contributed by atoms with Crippen LogP contribution in [0.2, 0.25) is 10.0 Å². The lowest BCUT2D eigenvalue weighted by atomic mass is 9.91. The molecule has 1 atom stereocenters. The van der Waals surface area contributed by atoms with E-state index in [-0.39, 0.29) is 17.2 Å². The van der Waals surface area contributed by atoms with Gasteiger partial charge in [-0.05, 0) is 48.7 Å². The molecule has 29 heavy (non-hydrogen) atoms.